The summed E-state index contributed by atoms with van der Waals surface area (Å²) in [7, 11) is 0. The Morgan fingerprint density at radius 3 is 2.11 bits per heavy atom. The van der Waals surface area contributed by atoms with Gasteiger partial charge in [-0.05, 0) is 12.5 Å². The van der Waals surface area contributed by atoms with E-state index in [1.165, 1.54) is 0 Å². The van der Waals surface area contributed by atoms with Crippen LogP contribution in [0.4, 0.5) is 17.1 Å². The number of carbonyl (C=O) groups is 1. The molecule has 2 N–H and O–H groups in total. The smallest absolute Gasteiger partial charge is 0.310 e. The van der Waals surface area contributed by atoms with Crippen molar-refractivity contribution in [3.05, 3.63) is 37.9 Å². The van der Waals surface area contributed by atoms with E-state index in [0.717, 1.165) is 12.1 Å². The number of esters is 1. The highest BCUT2D eigenvalue weighted by Crippen LogP contribution is 2.32. The molecule has 0 amide bonds. The molecular weight excluding hydrogens is 258 g/mol. The topological polar surface area (TPSA) is 139 Å². The van der Waals surface area contributed by atoms with Crippen LogP contribution in [0.3, 0.4) is 0 Å². The average molecular weight is 269 g/mol. The Labute approximate surface area is 107 Å². The lowest BCUT2D eigenvalue weighted by molar-refractivity contribution is -0.392. The zero-order valence-corrected chi connectivity index (χ0v) is 9.99. The largest absolute Gasteiger partial charge is 0.466 e. The van der Waals surface area contributed by atoms with Crippen LogP contribution < -0.4 is 5.73 Å². The zero-order chi connectivity index (χ0) is 14.6. The van der Waals surface area contributed by atoms with Crippen molar-refractivity contribution in [2.24, 2.45) is 0 Å². The van der Waals surface area contributed by atoms with E-state index in [1.54, 1.807) is 6.92 Å². The van der Waals surface area contributed by atoms with Gasteiger partial charge in [0.2, 0.25) is 0 Å². The van der Waals surface area contributed by atoms with Crippen LogP contribution in [0.15, 0.2) is 12.1 Å². The van der Waals surface area contributed by atoms with Crippen molar-refractivity contribution in [3.63, 3.8) is 0 Å². The van der Waals surface area contributed by atoms with Gasteiger partial charge in [0.05, 0.1) is 22.9 Å². The molecule has 0 radical (unpaired) electrons. The number of nitrogens with two attached hydrogens (primary N) is 1. The Morgan fingerprint density at radius 1 is 1.26 bits per heavy atom. The Balaban J connectivity index is 3.23. The van der Waals surface area contributed by atoms with Crippen LogP contribution in [0.25, 0.3) is 0 Å². The Hall–Kier alpha value is -2.71. The number of hydrogen-bond donors (Lipinski definition) is 1. The standard InChI is InChI=1S/C10H11N3O6/c1-2-19-9(14)5-6-3-7(12(15)16)10(11)8(4-6)13(17)18/h3-4H,2,5,11H2,1H3. The van der Waals surface area contributed by atoms with Crippen molar-refractivity contribution in [2.75, 3.05) is 12.3 Å². The average Bonchev–Trinajstić information content (AvgIpc) is 2.30. The molecule has 0 aliphatic rings. The van der Waals surface area contributed by atoms with Gasteiger partial charge >= 0.3 is 5.97 Å². The summed E-state index contributed by atoms with van der Waals surface area (Å²) in [5.41, 5.74) is 3.70. The molecule has 0 atom stereocenters. The molecule has 1 rings (SSSR count). The summed E-state index contributed by atoms with van der Waals surface area (Å²) >= 11 is 0. The van der Waals surface area contributed by atoms with Crippen LogP contribution in [0, 0.1) is 20.2 Å². The Morgan fingerprint density at radius 2 is 1.74 bits per heavy atom. The first-order chi connectivity index (χ1) is 8.86. The summed E-state index contributed by atoms with van der Waals surface area (Å²) < 4.78 is 4.67. The maximum atomic E-state index is 11.3. The summed E-state index contributed by atoms with van der Waals surface area (Å²) in [5.74, 6) is -0.629. The molecule has 19 heavy (non-hydrogen) atoms. The van der Waals surface area contributed by atoms with Gasteiger partial charge < -0.3 is 10.5 Å². The highest BCUT2D eigenvalue weighted by molar-refractivity contribution is 5.77. The van der Waals surface area contributed by atoms with E-state index in [0.29, 0.717) is 0 Å². The first-order valence-corrected chi connectivity index (χ1v) is 5.23. The molecule has 9 heteroatoms. The van der Waals surface area contributed by atoms with Gasteiger partial charge in [-0.3, -0.25) is 25.0 Å². The van der Waals surface area contributed by atoms with Gasteiger partial charge in [-0.25, -0.2) is 0 Å². The van der Waals surface area contributed by atoms with Crippen LogP contribution in [0.5, 0.6) is 0 Å². The summed E-state index contributed by atoms with van der Waals surface area (Å²) in [6, 6.07) is 2.05. The second-order valence-electron chi connectivity index (χ2n) is 3.54. The van der Waals surface area contributed by atoms with E-state index in [4.69, 9.17) is 5.73 Å². The molecule has 102 valence electrons. The van der Waals surface area contributed by atoms with Crippen LogP contribution in [-0.4, -0.2) is 22.4 Å². The highest BCUT2D eigenvalue weighted by atomic mass is 16.6. The first kappa shape index (κ1) is 14.4. The summed E-state index contributed by atoms with van der Waals surface area (Å²) in [6.45, 7) is 1.75. The molecule has 0 heterocycles. The second kappa shape index (κ2) is 5.76. The van der Waals surface area contributed by atoms with E-state index in [-0.39, 0.29) is 18.6 Å². The number of nitrogen functional groups attached to an aromatic ring is 1. The molecular formula is C10H11N3O6. The first-order valence-electron chi connectivity index (χ1n) is 5.23. The summed E-state index contributed by atoms with van der Waals surface area (Å²) in [6.07, 6.45) is -0.296. The van der Waals surface area contributed by atoms with Crippen molar-refractivity contribution in [1.82, 2.24) is 0 Å². The molecule has 0 saturated heterocycles. The number of hydrogen-bond acceptors (Lipinski definition) is 7. The van der Waals surface area contributed by atoms with Crippen molar-refractivity contribution in [2.45, 2.75) is 13.3 Å². The molecule has 9 nitrogen and oxygen atoms in total. The molecule has 0 aromatic heterocycles. The fourth-order valence-electron chi connectivity index (χ4n) is 1.46. The predicted octanol–water partition coefficient (Wildman–Crippen LogP) is 1.19. The molecule has 0 aliphatic carbocycles. The maximum Gasteiger partial charge on any atom is 0.310 e. The minimum Gasteiger partial charge on any atom is -0.466 e. The fourth-order valence-corrected chi connectivity index (χ4v) is 1.46. The molecule has 0 bridgehead atoms. The van der Waals surface area contributed by atoms with Crippen LogP contribution in [-0.2, 0) is 16.0 Å². The van der Waals surface area contributed by atoms with Gasteiger partial charge in [0.15, 0.2) is 5.69 Å². The lowest BCUT2D eigenvalue weighted by Crippen LogP contribution is -2.09. The number of nitro benzene ring substituents is 2. The van der Waals surface area contributed by atoms with E-state index in [9.17, 15) is 25.0 Å². The van der Waals surface area contributed by atoms with Gasteiger partial charge in [0.25, 0.3) is 11.4 Å². The third-order valence-electron chi connectivity index (χ3n) is 2.24. The van der Waals surface area contributed by atoms with E-state index in [1.807, 2.05) is 0 Å². The number of ether oxygens (including phenoxy) is 1. The van der Waals surface area contributed by atoms with Crippen molar-refractivity contribution < 1.29 is 19.4 Å². The molecule has 0 unspecified atom stereocenters. The number of benzene rings is 1. The third kappa shape index (κ3) is 3.37. The normalized spacial score (nSPS) is 9.95. The maximum absolute atomic E-state index is 11.3. The zero-order valence-electron chi connectivity index (χ0n) is 9.99. The van der Waals surface area contributed by atoms with Crippen LogP contribution >= 0.6 is 0 Å². The van der Waals surface area contributed by atoms with Gasteiger partial charge in [-0.1, -0.05) is 0 Å². The lowest BCUT2D eigenvalue weighted by atomic mass is 10.1. The Kier molecular flexibility index (Phi) is 4.35. The van der Waals surface area contributed by atoms with E-state index < -0.39 is 32.9 Å². The van der Waals surface area contributed by atoms with Gasteiger partial charge in [0, 0.05) is 12.1 Å². The van der Waals surface area contributed by atoms with Crippen molar-refractivity contribution in [1.29, 1.82) is 0 Å². The number of rotatable bonds is 5. The van der Waals surface area contributed by atoms with Crippen LogP contribution in [0.2, 0.25) is 0 Å². The summed E-state index contributed by atoms with van der Waals surface area (Å²) in [5, 5.41) is 21.5. The fraction of sp³-hybridized carbons (Fsp3) is 0.300. The second-order valence-corrected chi connectivity index (χ2v) is 3.54. The quantitative estimate of drug-likeness (QED) is 0.366. The molecule has 1 aromatic carbocycles. The third-order valence-corrected chi connectivity index (χ3v) is 2.24. The molecule has 1 aromatic rings. The van der Waals surface area contributed by atoms with Crippen molar-refractivity contribution in [3.8, 4) is 0 Å². The van der Waals surface area contributed by atoms with Crippen LogP contribution in [0.1, 0.15) is 12.5 Å². The van der Waals surface area contributed by atoms with Gasteiger partial charge in [-0.15, -0.1) is 0 Å². The highest BCUT2D eigenvalue weighted by Gasteiger charge is 2.25. The van der Waals surface area contributed by atoms with E-state index >= 15 is 0 Å². The molecule has 0 spiro atoms. The van der Waals surface area contributed by atoms with E-state index in [2.05, 4.69) is 4.74 Å². The Bertz CT molecular complexity index is 507. The molecule has 0 saturated carbocycles. The predicted molar refractivity (Wildman–Crippen MR) is 64.5 cm³/mol. The molecule has 0 aliphatic heterocycles. The minimum atomic E-state index is -0.836. The number of nitro groups is 2. The number of nitrogens with zero attached hydrogens (tertiary/aromatic N) is 2. The molecule has 0 fully saturated rings. The summed E-state index contributed by atoms with van der Waals surface area (Å²) in [4.78, 5) is 31.1. The number of anilines is 1. The lowest BCUT2D eigenvalue weighted by Gasteiger charge is -2.04. The minimum absolute atomic E-state index is 0.103. The monoisotopic (exact) mass is 269 g/mol. The van der Waals surface area contributed by atoms with Gasteiger partial charge in [-0.2, -0.15) is 0 Å². The number of carbonyl (C=O) groups excluding carboxylic acids is 1. The van der Waals surface area contributed by atoms with Gasteiger partial charge in [0.1, 0.15) is 0 Å². The van der Waals surface area contributed by atoms with Crippen molar-refractivity contribution >= 4 is 23.0 Å². The SMILES string of the molecule is CCOC(=O)Cc1cc([N+](=O)[O-])c(N)c([N+](=O)[O-])c1.